The summed E-state index contributed by atoms with van der Waals surface area (Å²) in [6.45, 7) is -0.270. The van der Waals surface area contributed by atoms with Crippen LogP contribution in [-0.4, -0.2) is 17.5 Å². The summed E-state index contributed by atoms with van der Waals surface area (Å²) in [4.78, 5) is 16.1. The van der Waals surface area contributed by atoms with Crippen molar-refractivity contribution in [1.29, 1.82) is 0 Å². The number of nitrogens with one attached hydrogen (secondary N) is 1. The number of benzene rings is 2. The van der Waals surface area contributed by atoms with Crippen molar-refractivity contribution in [2.75, 3.05) is 11.9 Å². The lowest BCUT2D eigenvalue weighted by Gasteiger charge is -2.08. The quantitative estimate of drug-likeness (QED) is 0.803. The molecule has 0 aliphatic carbocycles. The number of hydrogen-bond donors (Lipinski definition) is 1. The van der Waals surface area contributed by atoms with Gasteiger partial charge in [0.05, 0.1) is 17.4 Å². The lowest BCUT2D eigenvalue weighted by molar-refractivity contribution is -0.118. The largest absolute Gasteiger partial charge is 0.481 e. The molecular weight excluding hydrogens is 283 g/mol. The molecule has 2 aromatic carbocycles. The van der Waals surface area contributed by atoms with Crippen LogP contribution in [0, 0.1) is 5.82 Å². The van der Waals surface area contributed by atoms with Gasteiger partial charge in [0.25, 0.3) is 5.91 Å². The summed E-state index contributed by atoms with van der Waals surface area (Å²) in [5.41, 5.74) is 1.42. The maximum absolute atomic E-state index is 13.4. The number of amides is 1. The standard InChI is InChI=1S/C17H13FN2O2/c18-14-6-2-4-8-16(14)22-11-17(21)20-13-9-12-5-1-3-7-15(12)19-10-13/h1-10H,11H2,(H,20,21). The Hall–Kier alpha value is -2.95. The Kier molecular flexibility index (Phi) is 3.96. The minimum Gasteiger partial charge on any atom is -0.481 e. The van der Waals surface area contributed by atoms with E-state index < -0.39 is 5.82 Å². The molecule has 0 fully saturated rings. The third-order valence-corrected chi connectivity index (χ3v) is 3.07. The van der Waals surface area contributed by atoms with Crippen LogP contribution in [0.2, 0.25) is 0 Å². The van der Waals surface area contributed by atoms with Crippen LogP contribution in [0.1, 0.15) is 0 Å². The molecule has 3 aromatic rings. The van der Waals surface area contributed by atoms with Crippen LogP contribution >= 0.6 is 0 Å². The number of aromatic nitrogens is 1. The molecule has 1 heterocycles. The summed E-state index contributed by atoms with van der Waals surface area (Å²) in [6.07, 6.45) is 1.57. The molecule has 1 N–H and O–H groups in total. The normalized spacial score (nSPS) is 10.4. The van der Waals surface area contributed by atoms with Crippen molar-refractivity contribution < 1.29 is 13.9 Å². The predicted octanol–water partition coefficient (Wildman–Crippen LogP) is 3.39. The van der Waals surface area contributed by atoms with Gasteiger partial charge in [-0.05, 0) is 24.3 Å². The smallest absolute Gasteiger partial charge is 0.262 e. The average molecular weight is 296 g/mol. The zero-order valence-corrected chi connectivity index (χ0v) is 11.6. The molecule has 110 valence electrons. The second kappa shape index (κ2) is 6.22. The Morgan fingerprint density at radius 3 is 2.77 bits per heavy atom. The first kappa shape index (κ1) is 14.0. The van der Waals surface area contributed by atoms with E-state index in [1.54, 1.807) is 18.3 Å². The van der Waals surface area contributed by atoms with Gasteiger partial charge >= 0.3 is 0 Å². The van der Waals surface area contributed by atoms with Gasteiger partial charge in [-0.15, -0.1) is 0 Å². The van der Waals surface area contributed by atoms with Gasteiger partial charge in [-0.25, -0.2) is 4.39 Å². The number of carbonyl (C=O) groups is 1. The third-order valence-electron chi connectivity index (χ3n) is 3.07. The van der Waals surface area contributed by atoms with Crippen molar-refractivity contribution in [2.45, 2.75) is 0 Å². The highest BCUT2D eigenvalue weighted by molar-refractivity contribution is 5.93. The zero-order chi connectivity index (χ0) is 15.4. The number of hydrogen-bond acceptors (Lipinski definition) is 3. The molecule has 0 aliphatic rings. The first-order valence-corrected chi connectivity index (χ1v) is 6.74. The minimum atomic E-state index is -0.498. The predicted molar refractivity (Wildman–Crippen MR) is 82.3 cm³/mol. The monoisotopic (exact) mass is 296 g/mol. The molecule has 0 aliphatic heterocycles. The fourth-order valence-corrected chi connectivity index (χ4v) is 2.04. The summed E-state index contributed by atoms with van der Waals surface area (Å²) in [5, 5.41) is 3.60. The Morgan fingerprint density at radius 2 is 1.91 bits per heavy atom. The maximum Gasteiger partial charge on any atom is 0.262 e. The fraction of sp³-hybridized carbons (Fsp3) is 0.0588. The van der Waals surface area contributed by atoms with Crippen molar-refractivity contribution in [3.8, 4) is 5.75 Å². The number of ether oxygens (including phenoxy) is 1. The van der Waals surface area contributed by atoms with E-state index in [2.05, 4.69) is 10.3 Å². The average Bonchev–Trinajstić information content (AvgIpc) is 2.54. The molecule has 1 aromatic heterocycles. The van der Waals surface area contributed by atoms with Gasteiger partial charge in [-0.2, -0.15) is 0 Å². The van der Waals surface area contributed by atoms with Crippen LogP contribution in [0.25, 0.3) is 10.9 Å². The van der Waals surface area contributed by atoms with Gasteiger partial charge < -0.3 is 10.1 Å². The van der Waals surface area contributed by atoms with E-state index in [0.29, 0.717) is 5.69 Å². The Morgan fingerprint density at radius 1 is 1.14 bits per heavy atom. The van der Waals surface area contributed by atoms with Gasteiger partial charge in [-0.3, -0.25) is 9.78 Å². The number of anilines is 1. The zero-order valence-electron chi connectivity index (χ0n) is 11.6. The number of fused-ring (bicyclic) bond motifs is 1. The van der Waals surface area contributed by atoms with Gasteiger partial charge in [0.2, 0.25) is 0 Å². The molecular formula is C17H13FN2O2. The number of carbonyl (C=O) groups excluding carboxylic acids is 1. The molecule has 1 amide bonds. The summed E-state index contributed by atoms with van der Waals surface area (Å²) >= 11 is 0. The van der Waals surface area contributed by atoms with Crippen molar-refractivity contribution >= 4 is 22.5 Å². The first-order chi connectivity index (χ1) is 10.7. The summed E-state index contributed by atoms with van der Waals surface area (Å²) < 4.78 is 18.5. The summed E-state index contributed by atoms with van der Waals surface area (Å²) in [7, 11) is 0. The number of rotatable bonds is 4. The first-order valence-electron chi connectivity index (χ1n) is 6.74. The molecule has 0 saturated heterocycles. The molecule has 0 atom stereocenters. The van der Waals surface area contributed by atoms with E-state index in [9.17, 15) is 9.18 Å². The van der Waals surface area contributed by atoms with Gasteiger partial charge in [-0.1, -0.05) is 30.3 Å². The van der Waals surface area contributed by atoms with Crippen LogP contribution in [0.3, 0.4) is 0 Å². The number of nitrogens with zero attached hydrogens (tertiary/aromatic N) is 1. The molecule has 22 heavy (non-hydrogen) atoms. The van der Waals surface area contributed by atoms with Crippen LogP contribution in [0.5, 0.6) is 5.75 Å². The number of halogens is 1. The van der Waals surface area contributed by atoms with E-state index in [1.807, 2.05) is 30.3 Å². The van der Waals surface area contributed by atoms with Crippen molar-refractivity contribution in [3.05, 3.63) is 66.6 Å². The third kappa shape index (κ3) is 3.20. The highest BCUT2D eigenvalue weighted by Gasteiger charge is 2.07. The van der Waals surface area contributed by atoms with Crippen LogP contribution in [-0.2, 0) is 4.79 Å². The molecule has 0 radical (unpaired) electrons. The molecule has 0 saturated carbocycles. The lowest BCUT2D eigenvalue weighted by atomic mass is 10.2. The summed E-state index contributed by atoms with van der Waals surface area (Å²) in [5.74, 6) is -0.822. The maximum atomic E-state index is 13.4. The van der Waals surface area contributed by atoms with E-state index in [4.69, 9.17) is 4.74 Å². The van der Waals surface area contributed by atoms with Crippen molar-refractivity contribution in [2.24, 2.45) is 0 Å². The second-order valence-corrected chi connectivity index (χ2v) is 4.68. The van der Waals surface area contributed by atoms with E-state index >= 15 is 0 Å². The van der Waals surface area contributed by atoms with Gasteiger partial charge in [0, 0.05) is 5.39 Å². The number of pyridine rings is 1. The van der Waals surface area contributed by atoms with Gasteiger partial charge in [0.15, 0.2) is 18.2 Å². The van der Waals surface area contributed by atoms with Crippen LogP contribution in [0.15, 0.2) is 60.8 Å². The number of para-hydroxylation sites is 2. The molecule has 5 heteroatoms. The van der Waals surface area contributed by atoms with Crippen molar-refractivity contribution in [3.63, 3.8) is 0 Å². The van der Waals surface area contributed by atoms with Crippen molar-refractivity contribution in [1.82, 2.24) is 4.98 Å². The molecule has 3 rings (SSSR count). The summed E-state index contributed by atoms with van der Waals surface area (Å²) in [6, 6.07) is 15.4. The van der Waals surface area contributed by atoms with E-state index in [0.717, 1.165) is 10.9 Å². The van der Waals surface area contributed by atoms with E-state index in [1.165, 1.54) is 12.1 Å². The highest BCUT2D eigenvalue weighted by Crippen LogP contribution is 2.17. The molecule has 4 nitrogen and oxygen atoms in total. The topological polar surface area (TPSA) is 51.2 Å². The van der Waals surface area contributed by atoms with Crippen LogP contribution < -0.4 is 10.1 Å². The molecule has 0 bridgehead atoms. The van der Waals surface area contributed by atoms with Crippen LogP contribution in [0.4, 0.5) is 10.1 Å². The SMILES string of the molecule is O=C(COc1ccccc1F)Nc1cnc2ccccc2c1. The minimum absolute atomic E-state index is 0.0503. The lowest BCUT2D eigenvalue weighted by Crippen LogP contribution is -2.20. The Labute approximate surface area is 126 Å². The fourth-order valence-electron chi connectivity index (χ4n) is 2.04. The Balaban J connectivity index is 1.64. The van der Waals surface area contributed by atoms with E-state index in [-0.39, 0.29) is 18.3 Å². The Bertz CT molecular complexity index is 820. The van der Waals surface area contributed by atoms with Gasteiger partial charge in [0.1, 0.15) is 0 Å². The highest BCUT2D eigenvalue weighted by atomic mass is 19.1. The second-order valence-electron chi connectivity index (χ2n) is 4.68. The molecule has 0 spiro atoms. The molecule has 0 unspecified atom stereocenters.